The number of benzene rings is 2. The molecular formula is C20H20N4O4. The van der Waals surface area contributed by atoms with E-state index in [2.05, 4.69) is 20.8 Å². The Labute approximate surface area is 161 Å². The van der Waals surface area contributed by atoms with Crippen LogP contribution in [0.2, 0.25) is 0 Å². The van der Waals surface area contributed by atoms with Crippen LogP contribution in [0.3, 0.4) is 0 Å². The molecule has 1 heterocycles. The first-order valence-corrected chi connectivity index (χ1v) is 8.72. The van der Waals surface area contributed by atoms with E-state index in [9.17, 15) is 14.7 Å². The lowest BCUT2D eigenvalue weighted by molar-refractivity contribution is -0.136. The SMILES string of the molecule is Cc1nnc(-c2ccc(NC(=O)C(=O)N[C@@H](CO)Cc3ccccc3)cc2)o1. The molecule has 0 aliphatic rings. The van der Waals surface area contributed by atoms with Gasteiger partial charge in [-0.05, 0) is 36.2 Å². The number of anilines is 1. The Morgan fingerprint density at radius 1 is 1.04 bits per heavy atom. The Morgan fingerprint density at radius 2 is 1.75 bits per heavy atom. The van der Waals surface area contributed by atoms with Crippen LogP contribution in [0.4, 0.5) is 5.69 Å². The minimum absolute atomic E-state index is 0.272. The number of aliphatic hydroxyl groups excluding tert-OH is 1. The van der Waals surface area contributed by atoms with Crippen molar-refractivity contribution in [2.75, 3.05) is 11.9 Å². The van der Waals surface area contributed by atoms with E-state index in [0.29, 0.717) is 29.5 Å². The number of aryl methyl sites for hydroxylation is 1. The number of hydrogen-bond donors (Lipinski definition) is 3. The average Bonchev–Trinajstić information content (AvgIpc) is 3.15. The van der Waals surface area contributed by atoms with Crippen molar-refractivity contribution in [1.29, 1.82) is 0 Å². The number of carbonyl (C=O) groups excluding carboxylic acids is 2. The van der Waals surface area contributed by atoms with Gasteiger partial charge in [0.15, 0.2) is 0 Å². The van der Waals surface area contributed by atoms with Crippen LogP contribution in [0.5, 0.6) is 0 Å². The molecule has 3 N–H and O–H groups in total. The van der Waals surface area contributed by atoms with Gasteiger partial charge in [-0.25, -0.2) is 0 Å². The molecule has 3 rings (SSSR count). The standard InChI is InChI=1S/C20H20N4O4/c1-13-23-24-20(28-13)15-7-9-16(10-8-15)21-18(26)19(27)22-17(12-25)11-14-5-3-2-4-6-14/h2-10,17,25H,11-12H2,1H3,(H,21,26)(H,22,27)/t17-/m1/s1. The van der Waals surface area contributed by atoms with Crippen LogP contribution in [0.15, 0.2) is 59.0 Å². The highest BCUT2D eigenvalue weighted by molar-refractivity contribution is 6.39. The molecule has 0 saturated heterocycles. The Bertz CT molecular complexity index is 938. The van der Waals surface area contributed by atoms with Gasteiger partial charge in [-0.1, -0.05) is 30.3 Å². The number of hydrogen-bond acceptors (Lipinski definition) is 6. The number of rotatable bonds is 6. The molecule has 1 atom stereocenters. The van der Waals surface area contributed by atoms with Crippen molar-refractivity contribution in [3.63, 3.8) is 0 Å². The maximum absolute atomic E-state index is 12.1. The Morgan fingerprint density at radius 3 is 2.36 bits per heavy atom. The van der Waals surface area contributed by atoms with Gasteiger partial charge in [0.05, 0.1) is 12.6 Å². The van der Waals surface area contributed by atoms with E-state index in [0.717, 1.165) is 5.56 Å². The molecule has 0 fully saturated rings. The lowest BCUT2D eigenvalue weighted by Gasteiger charge is -2.16. The zero-order valence-corrected chi connectivity index (χ0v) is 15.3. The highest BCUT2D eigenvalue weighted by atomic mass is 16.4. The summed E-state index contributed by atoms with van der Waals surface area (Å²) in [6.07, 6.45) is 0.425. The number of carbonyl (C=O) groups is 2. The Balaban J connectivity index is 1.56. The molecule has 2 aromatic carbocycles. The monoisotopic (exact) mass is 380 g/mol. The molecule has 0 aliphatic heterocycles. The Hall–Kier alpha value is -3.52. The largest absolute Gasteiger partial charge is 0.421 e. The third kappa shape index (κ3) is 5.01. The van der Waals surface area contributed by atoms with E-state index in [4.69, 9.17) is 4.42 Å². The average molecular weight is 380 g/mol. The molecule has 0 unspecified atom stereocenters. The van der Waals surface area contributed by atoms with E-state index in [1.165, 1.54) is 0 Å². The van der Waals surface area contributed by atoms with Gasteiger partial charge >= 0.3 is 11.8 Å². The van der Waals surface area contributed by atoms with Crippen molar-refractivity contribution < 1.29 is 19.1 Å². The molecule has 8 nitrogen and oxygen atoms in total. The van der Waals surface area contributed by atoms with Gasteiger partial charge in [0.1, 0.15) is 0 Å². The maximum Gasteiger partial charge on any atom is 0.313 e. The predicted molar refractivity (Wildman–Crippen MR) is 102 cm³/mol. The Kier molecular flexibility index (Phi) is 6.13. The normalized spacial score (nSPS) is 11.6. The van der Waals surface area contributed by atoms with E-state index < -0.39 is 17.9 Å². The summed E-state index contributed by atoms with van der Waals surface area (Å²) in [6.45, 7) is 1.42. The minimum Gasteiger partial charge on any atom is -0.421 e. The lowest BCUT2D eigenvalue weighted by Crippen LogP contribution is -2.44. The second-order valence-electron chi connectivity index (χ2n) is 6.20. The summed E-state index contributed by atoms with van der Waals surface area (Å²) in [5.74, 6) is -0.794. The highest BCUT2D eigenvalue weighted by Crippen LogP contribution is 2.20. The lowest BCUT2D eigenvalue weighted by atomic mass is 10.1. The molecule has 2 amide bonds. The molecule has 0 spiro atoms. The van der Waals surface area contributed by atoms with Gasteiger partial charge in [-0.15, -0.1) is 10.2 Å². The molecule has 28 heavy (non-hydrogen) atoms. The molecule has 0 saturated carbocycles. The van der Waals surface area contributed by atoms with E-state index in [1.807, 2.05) is 30.3 Å². The molecular weight excluding hydrogens is 360 g/mol. The van der Waals surface area contributed by atoms with Gasteiger partial charge < -0.3 is 20.2 Å². The number of aliphatic hydroxyl groups is 1. The summed E-state index contributed by atoms with van der Waals surface area (Å²) in [7, 11) is 0. The molecule has 1 aromatic heterocycles. The van der Waals surface area contributed by atoms with Crippen LogP contribution >= 0.6 is 0 Å². The van der Waals surface area contributed by atoms with E-state index in [1.54, 1.807) is 31.2 Å². The number of nitrogens with zero attached hydrogens (tertiary/aromatic N) is 2. The van der Waals surface area contributed by atoms with Crippen LogP contribution in [0.1, 0.15) is 11.5 Å². The van der Waals surface area contributed by atoms with Crippen LogP contribution in [-0.4, -0.2) is 39.8 Å². The maximum atomic E-state index is 12.1. The third-order valence-electron chi connectivity index (χ3n) is 4.00. The topological polar surface area (TPSA) is 117 Å². The van der Waals surface area contributed by atoms with Crippen molar-refractivity contribution in [3.05, 3.63) is 66.1 Å². The van der Waals surface area contributed by atoms with Crippen LogP contribution < -0.4 is 10.6 Å². The van der Waals surface area contributed by atoms with Gasteiger partial charge in [0, 0.05) is 18.2 Å². The van der Waals surface area contributed by atoms with Crippen LogP contribution in [0, 0.1) is 6.92 Å². The molecule has 0 bridgehead atoms. The smallest absolute Gasteiger partial charge is 0.313 e. The van der Waals surface area contributed by atoms with Crippen molar-refractivity contribution in [2.45, 2.75) is 19.4 Å². The van der Waals surface area contributed by atoms with Crippen LogP contribution in [0.25, 0.3) is 11.5 Å². The minimum atomic E-state index is -0.813. The second-order valence-corrected chi connectivity index (χ2v) is 6.20. The number of nitrogens with one attached hydrogen (secondary N) is 2. The summed E-state index contributed by atoms with van der Waals surface area (Å²) in [5.41, 5.74) is 2.10. The molecule has 0 aliphatic carbocycles. The molecule has 3 aromatic rings. The summed E-state index contributed by atoms with van der Waals surface area (Å²) in [4.78, 5) is 24.3. The van der Waals surface area contributed by atoms with Crippen molar-refractivity contribution in [2.24, 2.45) is 0 Å². The fourth-order valence-electron chi connectivity index (χ4n) is 2.61. The zero-order chi connectivity index (χ0) is 19.9. The molecule has 8 heteroatoms. The first-order valence-electron chi connectivity index (χ1n) is 8.72. The van der Waals surface area contributed by atoms with Crippen molar-refractivity contribution in [1.82, 2.24) is 15.5 Å². The summed E-state index contributed by atoms with van der Waals surface area (Å²) >= 11 is 0. The number of aromatic nitrogens is 2. The van der Waals surface area contributed by atoms with E-state index >= 15 is 0 Å². The van der Waals surface area contributed by atoms with Gasteiger partial charge in [-0.2, -0.15) is 0 Å². The third-order valence-corrected chi connectivity index (χ3v) is 4.00. The van der Waals surface area contributed by atoms with E-state index in [-0.39, 0.29) is 6.61 Å². The van der Waals surface area contributed by atoms with Gasteiger partial charge in [-0.3, -0.25) is 9.59 Å². The van der Waals surface area contributed by atoms with Gasteiger partial charge in [0.2, 0.25) is 11.8 Å². The highest BCUT2D eigenvalue weighted by Gasteiger charge is 2.19. The molecule has 0 radical (unpaired) electrons. The van der Waals surface area contributed by atoms with Crippen molar-refractivity contribution >= 4 is 17.5 Å². The first-order chi connectivity index (χ1) is 13.5. The second kappa shape index (κ2) is 8.92. The van der Waals surface area contributed by atoms with Crippen LogP contribution in [-0.2, 0) is 16.0 Å². The quantitative estimate of drug-likeness (QED) is 0.561. The fourth-order valence-corrected chi connectivity index (χ4v) is 2.61. The fraction of sp³-hybridized carbons (Fsp3) is 0.200. The predicted octanol–water partition coefficient (Wildman–Crippen LogP) is 1.70. The number of amides is 2. The summed E-state index contributed by atoms with van der Waals surface area (Å²) in [5, 5.41) is 22.2. The summed E-state index contributed by atoms with van der Waals surface area (Å²) in [6, 6.07) is 15.5. The van der Waals surface area contributed by atoms with Crippen molar-refractivity contribution in [3.8, 4) is 11.5 Å². The summed E-state index contributed by atoms with van der Waals surface area (Å²) < 4.78 is 5.34. The molecule has 144 valence electrons. The zero-order valence-electron chi connectivity index (χ0n) is 15.3. The van der Waals surface area contributed by atoms with Gasteiger partial charge in [0.25, 0.3) is 0 Å². The first kappa shape index (κ1) is 19.2.